The maximum absolute atomic E-state index is 12.9. The van der Waals surface area contributed by atoms with Crippen LogP contribution in [0.2, 0.25) is 0 Å². The number of benzene rings is 1. The zero-order chi connectivity index (χ0) is 8.10. The molecule has 0 heterocycles. The lowest BCUT2D eigenvalue weighted by Crippen LogP contribution is -1.88. The third-order valence-corrected chi connectivity index (χ3v) is 1.69. The highest BCUT2D eigenvalue weighted by Crippen LogP contribution is 2.08. The van der Waals surface area contributed by atoms with Crippen molar-refractivity contribution in [3.05, 3.63) is 35.6 Å². The highest BCUT2D eigenvalue weighted by Gasteiger charge is 1.97. The molecule has 0 fully saturated rings. The van der Waals surface area contributed by atoms with Crippen molar-refractivity contribution in [2.24, 2.45) is 0 Å². The number of unbranched alkanes of at least 4 members (excludes halogenated alkanes) is 1. The van der Waals surface area contributed by atoms with Crippen LogP contribution >= 0.6 is 0 Å². The third-order valence-electron chi connectivity index (χ3n) is 1.69. The van der Waals surface area contributed by atoms with Crippen molar-refractivity contribution in [2.75, 3.05) is 0 Å². The predicted molar refractivity (Wildman–Crippen MR) is 43.8 cm³/mol. The second kappa shape index (κ2) is 4.12. The molecule has 0 spiro atoms. The first-order valence-corrected chi connectivity index (χ1v) is 3.99. The van der Waals surface area contributed by atoms with Gasteiger partial charge in [-0.3, -0.25) is 0 Å². The Labute approximate surface area is 67.1 Å². The Kier molecular flexibility index (Phi) is 3.09. The Balaban J connectivity index is 2.62. The topological polar surface area (TPSA) is 0 Å². The summed E-state index contributed by atoms with van der Waals surface area (Å²) in [4.78, 5) is 0. The molecule has 1 aromatic rings. The van der Waals surface area contributed by atoms with Crippen LogP contribution in [0, 0.1) is 11.9 Å². The molecule has 0 nitrogen and oxygen atoms in total. The number of rotatable bonds is 3. The summed E-state index contributed by atoms with van der Waals surface area (Å²) in [5.41, 5.74) is 0.786. The van der Waals surface area contributed by atoms with Gasteiger partial charge in [0.15, 0.2) is 0 Å². The Bertz CT molecular complexity index is 218. The van der Waals surface area contributed by atoms with E-state index in [1.165, 1.54) is 6.07 Å². The molecule has 11 heavy (non-hydrogen) atoms. The summed E-state index contributed by atoms with van der Waals surface area (Å²) in [6, 6.07) is 7.66. The molecule has 0 unspecified atom stereocenters. The van der Waals surface area contributed by atoms with Gasteiger partial charge < -0.3 is 0 Å². The van der Waals surface area contributed by atoms with Crippen LogP contribution in [0.3, 0.4) is 0 Å². The molecule has 1 heteroatoms. The molecule has 0 saturated heterocycles. The molecule has 0 saturated carbocycles. The number of halogens is 1. The molecule has 0 aliphatic heterocycles. The van der Waals surface area contributed by atoms with E-state index >= 15 is 0 Å². The van der Waals surface area contributed by atoms with Gasteiger partial charge in [0.05, 0.1) is 0 Å². The predicted octanol–water partition coefficient (Wildman–Crippen LogP) is 2.97. The maximum atomic E-state index is 12.9. The van der Waals surface area contributed by atoms with Crippen LogP contribution in [-0.4, -0.2) is 0 Å². The smallest absolute Gasteiger partial charge is 0.126 e. The van der Waals surface area contributed by atoms with E-state index in [2.05, 4.69) is 13.0 Å². The van der Waals surface area contributed by atoms with Crippen LogP contribution in [-0.2, 0) is 6.42 Å². The minimum absolute atomic E-state index is 0.0998. The Morgan fingerprint density at radius 3 is 3.00 bits per heavy atom. The Hall–Kier alpha value is -0.850. The van der Waals surface area contributed by atoms with E-state index in [0.717, 1.165) is 24.8 Å². The van der Waals surface area contributed by atoms with Gasteiger partial charge in [-0.15, -0.1) is 0 Å². The van der Waals surface area contributed by atoms with Crippen molar-refractivity contribution in [3.63, 3.8) is 0 Å². The van der Waals surface area contributed by atoms with E-state index in [1.54, 1.807) is 12.1 Å². The van der Waals surface area contributed by atoms with Crippen molar-refractivity contribution in [1.82, 2.24) is 0 Å². The minimum Gasteiger partial charge on any atom is -0.207 e. The van der Waals surface area contributed by atoms with E-state index in [0.29, 0.717) is 0 Å². The fourth-order valence-corrected chi connectivity index (χ4v) is 1.00. The first-order chi connectivity index (χ1) is 5.34. The van der Waals surface area contributed by atoms with Gasteiger partial charge >= 0.3 is 0 Å². The first kappa shape index (κ1) is 8.25. The molecule has 0 aliphatic carbocycles. The first-order valence-electron chi connectivity index (χ1n) is 3.99. The molecule has 1 rings (SSSR count). The molecular formula is C10H12F. The summed E-state index contributed by atoms with van der Waals surface area (Å²) in [5, 5.41) is 0. The second-order valence-electron chi connectivity index (χ2n) is 2.62. The molecule has 0 aromatic heterocycles. The van der Waals surface area contributed by atoms with E-state index in [1.807, 2.05) is 0 Å². The number of aryl methyl sites for hydroxylation is 1. The molecule has 0 N–H and O–H groups in total. The molecular weight excluding hydrogens is 139 g/mol. The summed E-state index contributed by atoms with van der Waals surface area (Å²) < 4.78 is 12.9. The highest BCUT2D eigenvalue weighted by atomic mass is 19.1. The highest BCUT2D eigenvalue weighted by molar-refractivity contribution is 5.16. The summed E-state index contributed by atoms with van der Waals surface area (Å²) in [7, 11) is 0. The lowest BCUT2D eigenvalue weighted by molar-refractivity contribution is 0.603. The van der Waals surface area contributed by atoms with Gasteiger partial charge in [0.25, 0.3) is 0 Å². The van der Waals surface area contributed by atoms with Crippen LogP contribution in [0.15, 0.2) is 18.2 Å². The Morgan fingerprint density at radius 1 is 1.55 bits per heavy atom. The normalized spacial score (nSPS) is 10.0. The van der Waals surface area contributed by atoms with Crippen LogP contribution < -0.4 is 0 Å². The summed E-state index contributed by atoms with van der Waals surface area (Å²) in [5.74, 6) is -0.0998. The van der Waals surface area contributed by atoms with Gasteiger partial charge in [-0.05, 0) is 36.6 Å². The molecule has 0 aliphatic rings. The summed E-state index contributed by atoms with van der Waals surface area (Å²) in [6.45, 7) is 2.10. The Morgan fingerprint density at radius 2 is 2.36 bits per heavy atom. The molecule has 0 atom stereocenters. The maximum Gasteiger partial charge on any atom is 0.126 e. The summed E-state index contributed by atoms with van der Waals surface area (Å²) in [6.07, 6.45) is 2.99. The SMILES string of the molecule is CCCCc1c[c]ccc1F. The van der Waals surface area contributed by atoms with Gasteiger partial charge in [-0.1, -0.05) is 19.4 Å². The van der Waals surface area contributed by atoms with Gasteiger partial charge in [0.2, 0.25) is 0 Å². The fourth-order valence-electron chi connectivity index (χ4n) is 1.00. The largest absolute Gasteiger partial charge is 0.207 e. The molecule has 59 valence electrons. The van der Waals surface area contributed by atoms with Crippen molar-refractivity contribution in [2.45, 2.75) is 26.2 Å². The fraction of sp³-hybridized carbons (Fsp3) is 0.400. The van der Waals surface area contributed by atoms with Crippen molar-refractivity contribution < 1.29 is 4.39 Å². The van der Waals surface area contributed by atoms with Gasteiger partial charge in [-0.25, -0.2) is 4.39 Å². The van der Waals surface area contributed by atoms with Crippen LogP contribution in [0.25, 0.3) is 0 Å². The lowest BCUT2D eigenvalue weighted by atomic mass is 10.1. The van der Waals surface area contributed by atoms with E-state index < -0.39 is 0 Å². The molecule has 1 aromatic carbocycles. The minimum atomic E-state index is -0.0998. The van der Waals surface area contributed by atoms with Gasteiger partial charge in [0.1, 0.15) is 5.82 Å². The van der Waals surface area contributed by atoms with E-state index in [-0.39, 0.29) is 5.82 Å². The number of hydrogen-bond acceptors (Lipinski definition) is 0. The standard InChI is InChI=1S/C10H12F/c1-2-3-6-9-7-4-5-8-10(9)11/h5,7-8H,2-3,6H2,1H3. The van der Waals surface area contributed by atoms with Crippen molar-refractivity contribution in [3.8, 4) is 0 Å². The van der Waals surface area contributed by atoms with Gasteiger partial charge in [-0.2, -0.15) is 0 Å². The van der Waals surface area contributed by atoms with Gasteiger partial charge in [0, 0.05) is 0 Å². The zero-order valence-corrected chi connectivity index (χ0v) is 6.73. The van der Waals surface area contributed by atoms with E-state index in [9.17, 15) is 4.39 Å². The monoisotopic (exact) mass is 151 g/mol. The van der Waals surface area contributed by atoms with E-state index in [4.69, 9.17) is 0 Å². The quantitative estimate of drug-likeness (QED) is 0.623. The third kappa shape index (κ3) is 2.34. The second-order valence-corrected chi connectivity index (χ2v) is 2.62. The molecule has 1 radical (unpaired) electrons. The van der Waals surface area contributed by atoms with Crippen LogP contribution in [0.1, 0.15) is 25.3 Å². The number of hydrogen-bond donors (Lipinski definition) is 0. The summed E-state index contributed by atoms with van der Waals surface area (Å²) >= 11 is 0. The lowest BCUT2D eigenvalue weighted by Gasteiger charge is -1.99. The zero-order valence-electron chi connectivity index (χ0n) is 6.73. The van der Waals surface area contributed by atoms with Crippen LogP contribution in [0.5, 0.6) is 0 Å². The molecule has 0 bridgehead atoms. The average molecular weight is 151 g/mol. The van der Waals surface area contributed by atoms with Crippen molar-refractivity contribution in [1.29, 1.82) is 0 Å². The average Bonchev–Trinajstić information content (AvgIpc) is 2.03. The van der Waals surface area contributed by atoms with Crippen molar-refractivity contribution >= 4 is 0 Å². The molecule has 0 amide bonds. The van der Waals surface area contributed by atoms with Crippen LogP contribution in [0.4, 0.5) is 4.39 Å².